The Bertz CT molecular complexity index is 2060. The zero-order valence-corrected chi connectivity index (χ0v) is 29.0. The average Bonchev–Trinajstić information content (AvgIpc) is 3.83. The summed E-state index contributed by atoms with van der Waals surface area (Å²) in [5.41, 5.74) is 6.22. The van der Waals surface area contributed by atoms with Gasteiger partial charge in [-0.25, -0.2) is 0 Å². The first-order chi connectivity index (χ1) is 22.6. The molecule has 0 saturated carbocycles. The molecule has 48 heavy (non-hydrogen) atoms. The number of hydrogen-bond donors (Lipinski definition) is 1. The number of allylic oxidation sites excluding steroid dienone is 2. The SMILES string of the molecule is C=Cc1c2[n-]c(c1CO)/C=C1\[N-]/C(=C3\c4[n-]c(c(C)c4C(=O)[C@@H]3C(=O)OC)/C=c3\[n-]/c(c(C=O)c3CC)=C/2)[C@@H](CCC(=O)OC)[C@@H]1C.[Mg+2]. The van der Waals surface area contributed by atoms with Crippen molar-refractivity contribution in [2.75, 3.05) is 14.2 Å². The van der Waals surface area contributed by atoms with Crippen molar-refractivity contribution in [1.29, 1.82) is 0 Å². The van der Waals surface area contributed by atoms with Gasteiger partial charge in [0.1, 0.15) is 12.2 Å². The summed E-state index contributed by atoms with van der Waals surface area (Å²) in [5.74, 6) is -3.54. The van der Waals surface area contributed by atoms with Gasteiger partial charge in [-0.15, -0.1) is 33.5 Å². The fourth-order valence-corrected chi connectivity index (χ4v) is 7.03. The number of Topliss-reactive ketones (excluding diaryl/α,β-unsaturated/α-hetero) is 1. The van der Waals surface area contributed by atoms with Crippen LogP contribution in [0, 0.1) is 24.7 Å². The van der Waals surface area contributed by atoms with Crippen LogP contribution in [0.25, 0.3) is 35.2 Å². The molecule has 5 heterocycles. The van der Waals surface area contributed by atoms with Crippen LogP contribution in [-0.4, -0.2) is 66.4 Å². The normalized spacial score (nSPS) is 23.1. The summed E-state index contributed by atoms with van der Waals surface area (Å²) >= 11 is 0. The number of esters is 2. The van der Waals surface area contributed by atoms with Crippen LogP contribution in [0.15, 0.2) is 18.0 Å². The molecule has 2 aliphatic heterocycles. The van der Waals surface area contributed by atoms with Gasteiger partial charge in [-0.2, -0.15) is 11.4 Å². The van der Waals surface area contributed by atoms with Crippen LogP contribution >= 0.6 is 0 Å². The topological polar surface area (TPSA) is 163 Å². The van der Waals surface area contributed by atoms with Gasteiger partial charge in [0.25, 0.3) is 0 Å². The first kappa shape index (κ1) is 34.9. The number of methoxy groups -OCH3 is 2. The maximum absolute atomic E-state index is 14.0. The molecule has 3 atom stereocenters. The molecule has 1 fully saturated rings. The Morgan fingerprint density at radius 1 is 1.00 bits per heavy atom. The third kappa shape index (κ3) is 5.41. The van der Waals surface area contributed by atoms with Crippen LogP contribution in [0.3, 0.4) is 0 Å². The molecular weight excluding hydrogens is 625 g/mol. The molecule has 244 valence electrons. The number of aliphatic hydroxyl groups is 1. The van der Waals surface area contributed by atoms with E-state index in [1.54, 1.807) is 31.2 Å². The molecule has 0 radical (unpaired) electrons. The minimum Gasteiger partial charge on any atom is -0.664 e. The Hall–Kier alpha value is -4.39. The molecule has 0 amide bonds. The van der Waals surface area contributed by atoms with Gasteiger partial charge in [0, 0.05) is 17.5 Å². The maximum Gasteiger partial charge on any atom is 2.00 e. The molecule has 0 aromatic carbocycles. The zero-order chi connectivity index (χ0) is 33.7. The van der Waals surface area contributed by atoms with E-state index in [0.717, 1.165) is 6.29 Å². The summed E-state index contributed by atoms with van der Waals surface area (Å²) in [6, 6.07) is 0. The largest absolute Gasteiger partial charge is 2.00 e. The van der Waals surface area contributed by atoms with Gasteiger partial charge in [0.15, 0.2) is 5.78 Å². The van der Waals surface area contributed by atoms with E-state index in [9.17, 15) is 24.3 Å². The zero-order valence-electron chi connectivity index (χ0n) is 27.5. The number of aromatic nitrogens is 3. The predicted molar refractivity (Wildman–Crippen MR) is 179 cm³/mol. The summed E-state index contributed by atoms with van der Waals surface area (Å²) in [7, 11) is 2.55. The molecule has 11 nitrogen and oxygen atoms in total. The standard InChI is InChI=1S/C36H35N4O7.Mg/c1-7-18-22(15-42)28-13-26-19(8-2)21(14-41)27(38-26)11-23-16(3)20(9-10-29(43)46-5)33(39-23)31-32(36(45)47-6)35(44)30-17(4)24(40-34(30)31)12-25(18)37-28;/h8,11-13,15-16,20,32,41H,2,7,9-10,14H2,1,3-6H3,(H-,39,40,42,44);/q-3;+2/p-1/b23-11-,28-13+;/t16-,20-,32+;/m0./s1. The van der Waals surface area contributed by atoms with E-state index < -0.39 is 23.6 Å². The Morgan fingerprint density at radius 2 is 1.73 bits per heavy atom. The smallest absolute Gasteiger partial charge is 0.664 e. The molecule has 1 saturated heterocycles. The van der Waals surface area contributed by atoms with E-state index in [0.29, 0.717) is 96.7 Å². The fraction of sp³-hybridized carbons (Fsp3) is 0.333. The molecule has 3 aliphatic rings. The average molecular weight is 659 g/mol. The van der Waals surface area contributed by atoms with E-state index in [1.807, 2.05) is 13.8 Å². The summed E-state index contributed by atoms with van der Waals surface area (Å²) in [5, 5.41) is 16.4. The van der Waals surface area contributed by atoms with Gasteiger partial charge < -0.3 is 34.8 Å². The van der Waals surface area contributed by atoms with E-state index in [1.165, 1.54) is 14.2 Å². The summed E-state index contributed by atoms with van der Waals surface area (Å²) < 4.78 is 10.0. The maximum atomic E-state index is 14.0. The molecule has 3 aromatic rings. The van der Waals surface area contributed by atoms with Gasteiger partial charge in [-0.05, 0) is 42.7 Å². The van der Waals surface area contributed by atoms with Crippen LogP contribution < -0.4 is 25.7 Å². The van der Waals surface area contributed by atoms with Crippen LogP contribution in [0.5, 0.6) is 0 Å². The number of ether oxygens (including phenoxy) is 2. The van der Waals surface area contributed by atoms with Crippen molar-refractivity contribution in [3.05, 3.63) is 90.1 Å². The number of ketones is 1. The van der Waals surface area contributed by atoms with Gasteiger partial charge in [0.2, 0.25) is 0 Å². The van der Waals surface area contributed by atoms with Gasteiger partial charge in [0.05, 0.1) is 20.8 Å². The summed E-state index contributed by atoms with van der Waals surface area (Å²) in [4.78, 5) is 66.6. The summed E-state index contributed by atoms with van der Waals surface area (Å²) in [6.07, 6.45) is 8.50. The molecule has 1 aliphatic carbocycles. The summed E-state index contributed by atoms with van der Waals surface area (Å²) in [6.45, 7) is 9.24. The van der Waals surface area contributed by atoms with Gasteiger partial charge >= 0.3 is 35.0 Å². The number of aliphatic hydroxyl groups excluding tert-OH is 1. The molecule has 8 bridgehead atoms. The van der Waals surface area contributed by atoms with Crippen LogP contribution in [-0.2, 0) is 32.1 Å². The molecular formula is C36H34MgN4O7-2. The molecule has 0 spiro atoms. The predicted octanol–water partition coefficient (Wildman–Crippen LogP) is 2.30. The quantitative estimate of drug-likeness (QED) is 0.164. The van der Waals surface area contributed by atoms with E-state index >= 15 is 0 Å². The van der Waals surface area contributed by atoms with Crippen molar-refractivity contribution < 1.29 is 33.8 Å². The van der Waals surface area contributed by atoms with Crippen molar-refractivity contribution in [2.45, 2.75) is 46.6 Å². The van der Waals surface area contributed by atoms with Crippen LogP contribution in [0.4, 0.5) is 0 Å². The number of nitrogens with zero attached hydrogens (tertiary/aromatic N) is 4. The Balaban J connectivity index is 0.00000451. The Morgan fingerprint density at radius 3 is 2.35 bits per heavy atom. The Labute approximate surface area is 293 Å². The number of hydrogen-bond acceptors (Lipinski definition) is 7. The van der Waals surface area contributed by atoms with E-state index in [-0.39, 0.29) is 47.9 Å². The molecule has 6 rings (SSSR count). The minimum atomic E-state index is -1.29. The number of fused-ring (bicyclic) bond motifs is 7. The monoisotopic (exact) mass is 658 g/mol. The number of carbonyl (C=O) groups is 4. The van der Waals surface area contributed by atoms with E-state index in [2.05, 4.69) is 6.58 Å². The number of aldehydes is 1. The van der Waals surface area contributed by atoms with Crippen molar-refractivity contribution in [3.8, 4) is 0 Å². The van der Waals surface area contributed by atoms with Crippen molar-refractivity contribution >= 4 is 76.9 Å². The first-order valence-electron chi connectivity index (χ1n) is 15.4. The Kier molecular flexibility index (Phi) is 9.91. The minimum absolute atomic E-state index is 0. The molecule has 3 aromatic heterocycles. The second-order valence-corrected chi connectivity index (χ2v) is 11.8. The fourth-order valence-electron chi connectivity index (χ4n) is 7.03. The third-order valence-electron chi connectivity index (χ3n) is 9.52. The second kappa shape index (κ2) is 13.6. The first-order valence-corrected chi connectivity index (χ1v) is 15.4. The molecule has 1 N–H and O–H groups in total. The van der Waals surface area contributed by atoms with Crippen molar-refractivity contribution in [2.24, 2.45) is 17.8 Å². The second-order valence-electron chi connectivity index (χ2n) is 11.8. The third-order valence-corrected chi connectivity index (χ3v) is 9.52. The van der Waals surface area contributed by atoms with Crippen LogP contribution in [0.1, 0.15) is 92.4 Å². The van der Waals surface area contributed by atoms with Crippen molar-refractivity contribution in [3.63, 3.8) is 0 Å². The molecule has 0 unspecified atom stereocenters. The van der Waals surface area contributed by atoms with E-state index in [4.69, 9.17) is 29.7 Å². The van der Waals surface area contributed by atoms with Crippen LogP contribution in [0.2, 0.25) is 0 Å². The molecule has 12 heteroatoms. The number of carbonyl (C=O) groups excluding carboxylic acids is 4. The van der Waals surface area contributed by atoms with Crippen molar-refractivity contribution in [1.82, 2.24) is 15.0 Å². The number of rotatable bonds is 8. The van der Waals surface area contributed by atoms with Gasteiger partial charge in [-0.1, -0.05) is 61.4 Å². The van der Waals surface area contributed by atoms with Gasteiger partial charge in [-0.3, -0.25) is 19.2 Å².